The quantitative estimate of drug-likeness (QED) is 0.809. The first-order valence-electron chi connectivity index (χ1n) is 9.26. The molecule has 0 spiro atoms. The van der Waals surface area contributed by atoms with Crippen molar-refractivity contribution in [2.75, 3.05) is 23.7 Å². The van der Waals surface area contributed by atoms with Crippen LogP contribution >= 0.6 is 0 Å². The van der Waals surface area contributed by atoms with Gasteiger partial charge in [0.05, 0.1) is 6.04 Å². The average molecular weight is 366 g/mol. The minimum Gasteiger partial charge on any atom is -0.384 e. The molecule has 2 N–H and O–H groups in total. The minimum absolute atomic E-state index is 0.0366. The van der Waals surface area contributed by atoms with Crippen LogP contribution in [0.25, 0.3) is 0 Å². The first-order valence-corrected chi connectivity index (χ1v) is 9.26. The summed E-state index contributed by atoms with van der Waals surface area (Å²) in [4.78, 5) is 23.4. The first kappa shape index (κ1) is 18.8. The number of nitrogens with zero attached hydrogens (tertiary/aromatic N) is 5. The van der Waals surface area contributed by atoms with Crippen LogP contribution in [0, 0.1) is 5.92 Å². The third-order valence-corrected chi connectivity index (χ3v) is 4.94. The van der Waals surface area contributed by atoms with Crippen molar-refractivity contribution in [3.05, 3.63) is 48.8 Å². The predicted molar refractivity (Wildman–Crippen MR) is 108 cm³/mol. The summed E-state index contributed by atoms with van der Waals surface area (Å²) in [6, 6.07) is 1.68. The monoisotopic (exact) mass is 366 g/mol. The number of rotatable bonds is 5. The van der Waals surface area contributed by atoms with Crippen LogP contribution in [0.3, 0.4) is 0 Å². The van der Waals surface area contributed by atoms with Gasteiger partial charge in [-0.15, -0.1) is 0 Å². The van der Waals surface area contributed by atoms with Gasteiger partial charge in [-0.25, -0.2) is 15.0 Å². The second-order valence-corrected chi connectivity index (χ2v) is 6.75. The second-order valence-electron chi connectivity index (χ2n) is 6.75. The molecule has 3 rings (SSSR count). The molecule has 1 saturated heterocycles. The lowest BCUT2D eigenvalue weighted by atomic mass is 9.94. The highest BCUT2D eigenvalue weighted by Crippen LogP contribution is 2.27. The molecule has 1 fully saturated rings. The maximum absolute atomic E-state index is 13.0. The molecule has 2 aliphatic heterocycles. The van der Waals surface area contributed by atoms with Crippen molar-refractivity contribution in [3.8, 4) is 0 Å². The smallest absolute Gasteiger partial charge is 0.246 e. The van der Waals surface area contributed by atoms with E-state index in [4.69, 9.17) is 5.73 Å². The van der Waals surface area contributed by atoms with Crippen LogP contribution < -0.4 is 10.6 Å². The van der Waals surface area contributed by atoms with Gasteiger partial charge in [-0.2, -0.15) is 5.10 Å². The Morgan fingerprint density at radius 1 is 1.30 bits per heavy atom. The normalized spacial score (nSPS) is 20.9. The number of nitrogens with two attached hydrogens (primary N) is 1. The van der Waals surface area contributed by atoms with Gasteiger partial charge < -0.3 is 10.6 Å². The van der Waals surface area contributed by atoms with Gasteiger partial charge in [-0.3, -0.25) is 4.79 Å². The topological polar surface area (TPSA) is 87.7 Å². The number of amides is 1. The number of allylic oxidation sites excluding steroid dienone is 3. The van der Waals surface area contributed by atoms with Crippen LogP contribution in [0.15, 0.2) is 54.0 Å². The van der Waals surface area contributed by atoms with Crippen LogP contribution in [0.1, 0.15) is 26.2 Å². The highest BCUT2D eigenvalue weighted by molar-refractivity contribution is 5.82. The van der Waals surface area contributed by atoms with Gasteiger partial charge in [0, 0.05) is 37.7 Å². The van der Waals surface area contributed by atoms with E-state index < -0.39 is 0 Å². The lowest BCUT2D eigenvalue weighted by molar-refractivity contribution is -0.137. The molecule has 1 aromatic heterocycles. The number of aromatic nitrogens is 2. The zero-order valence-corrected chi connectivity index (χ0v) is 15.7. The molecular weight excluding hydrogens is 340 g/mol. The Morgan fingerprint density at radius 3 is 2.78 bits per heavy atom. The highest BCUT2D eigenvalue weighted by Gasteiger charge is 2.34. The maximum atomic E-state index is 13.0. The van der Waals surface area contributed by atoms with Gasteiger partial charge in [-0.1, -0.05) is 30.9 Å². The zero-order chi connectivity index (χ0) is 19.2. The van der Waals surface area contributed by atoms with Crippen molar-refractivity contribution in [3.63, 3.8) is 0 Å². The van der Waals surface area contributed by atoms with Gasteiger partial charge in [0.15, 0.2) is 0 Å². The van der Waals surface area contributed by atoms with Crippen molar-refractivity contribution in [2.24, 2.45) is 11.0 Å². The molecule has 0 radical (unpaired) electrons. The highest BCUT2D eigenvalue weighted by atomic mass is 16.2. The van der Waals surface area contributed by atoms with Crippen molar-refractivity contribution >= 4 is 23.8 Å². The molecule has 0 aromatic carbocycles. The van der Waals surface area contributed by atoms with Crippen LogP contribution in [0.5, 0.6) is 0 Å². The number of anilines is 2. The summed E-state index contributed by atoms with van der Waals surface area (Å²) in [5.74, 6) is 1.31. The molecule has 0 saturated carbocycles. The van der Waals surface area contributed by atoms with Crippen LogP contribution in [-0.2, 0) is 4.79 Å². The number of hydrazone groups is 1. The minimum atomic E-state index is -0.0845. The van der Waals surface area contributed by atoms with Crippen molar-refractivity contribution < 1.29 is 4.79 Å². The number of hydrogen-bond acceptors (Lipinski definition) is 6. The molecule has 0 bridgehead atoms. The number of carbonyl (C=O) groups excluding carboxylic acids is 1. The summed E-state index contributed by atoms with van der Waals surface area (Å²) in [7, 11) is 0. The largest absolute Gasteiger partial charge is 0.384 e. The number of nitrogen functional groups attached to an aromatic ring is 1. The van der Waals surface area contributed by atoms with E-state index in [1.165, 1.54) is 6.33 Å². The molecule has 7 heteroatoms. The molecule has 1 amide bonds. The predicted octanol–water partition coefficient (Wildman–Crippen LogP) is 2.55. The molecule has 27 heavy (non-hydrogen) atoms. The number of hydrogen-bond donors (Lipinski definition) is 1. The molecule has 142 valence electrons. The fourth-order valence-corrected chi connectivity index (χ4v) is 3.41. The van der Waals surface area contributed by atoms with Crippen LogP contribution in [0.2, 0.25) is 0 Å². The Kier molecular flexibility index (Phi) is 6.01. The molecule has 1 aromatic rings. The van der Waals surface area contributed by atoms with Gasteiger partial charge in [0.1, 0.15) is 18.0 Å². The molecule has 1 atom stereocenters. The summed E-state index contributed by atoms with van der Waals surface area (Å²) in [5, 5.41) is 5.94. The number of piperidine rings is 1. The van der Waals surface area contributed by atoms with Crippen LogP contribution in [-0.4, -0.2) is 46.2 Å². The molecule has 0 aliphatic carbocycles. The van der Waals surface area contributed by atoms with E-state index in [0.717, 1.165) is 37.3 Å². The summed E-state index contributed by atoms with van der Waals surface area (Å²) >= 11 is 0. The van der Waals surface area contributed by atoms with Crippen LogP contribution in [0.4, 0.5) is 11.6 Å². The molecule has 3 heterocycles. The van der Waals surface area contributed by atoms with E-state index in [-0.39, 0.29) is 17.9 Å². The summed E-state index contributed by atoms with van der Waals surface area (Å²) in [5.41, 5.74) is 6.63. The first-order chi connectivity index (χ1) is 13.1. The van der Waals surface area contributed by atoms with E-state index >= 15 is 0 Å². The third kappa shape index (κ3) is 4.42. The number of carbonyl (C=O) groups is 1. The summed E-state index contributed by atoms with van der Waals surface area (Å²) in [6.45, 7) is 7.60. The Morgan fingerprint density at radius 2 is 2.07 bits per heavy atom. The summed E-state index contributed by atoms with van der Waals surface area (Å²) < 4.78 is 0. The van der Waals surface area contributed by atoms with Gasteiger partial charge in [0.25, 0.3) is 0 Å². The lowest BCUT2D eigenvalue weighted by Gasteiger charge is -2.34. The Balaban J connectivity index is 1.60. The average Bonchev–Trinajstić information content (AvgIpc) is 3.17. The fourth-order valence-electron chi connectivity index (χ4n) is 3.41. The molecule has 2 aliphatic rings. The SMILES string of the molecule is C=C(/C=C\C=C/C)[C@@H]1CC=NN1C(=O)C1CCN(c2cc(N)ncn2)CC1. The van der Waals surface area contributed by atoms with Gasteiger partial charge in [0.2, 0.25) is 5.91 Å². The third-order valence-electron chi connectivity index (χ3n) is 4.94. The molecular formula is C20H26N6O. The van der Waals surface area contributed by atoms with Gasteiger partial charge >= 0.3 is 0 Å². The van der Waals surface area contributed by atoms with Crippen molar-refractivity contribution in [1.82, 2.24) is 15.0 Å². The van der Waals surface area contributed by atoms with Gasteiger partial charge in [-0.05, 0) is 25.3 Å². The van der Waals surface area contributed by atoms with E-state index in [1.54, 1.807) is 17.3 Å². The lowest BCUT2D eigenvalue weighted by Crippen LogP contribution is -2.43. The standard InChI is InChI=1S/C20H26N6O/c1-3-4-5-6-15(2)17-7-10-24-26(17)20(27)16-8-11-25(12-9-16)19-13-18(21)22-14-23-19/h3-6,10,13-14,16-17H,2,7-9,11-12H2,1H3,(H2,21,22,23)/b4-3-,6-5-/t17-/m0/s1. The van der Waals surface area contributed by atoms with Crippen molar-refractivity contribution in [2.45, 2.75) is 32.2 Å². The molecule has 7 nitrogen and oxygen atoms in total. The maximum Gasteiger partial charge on any atom is 0.246 e. The molecule has 0 unspecified atom stereocenters. The Bertz CT molecular complexity index is 776. The summed E-state index contributed by atoms with van der Waals surface area (Å²) in [6.07, 6.45) is 13.3. The Hall–Kier alpha value is -2.96. The van der Waals surface area contributed by atoms with Crippen molar-refractivity contribution in [1.29, 1.82) is 0 Å². The second kappa shape index (κ2) is 8.62. The van der Waals surface area contributed by atoms with E-state index in [1.807, 2.05) is 31.2 Å². The van der Waals surface area contributed by atoms with E-state index in [9.17, 15) is 4.79 Å². The van der Waals surface area contributed by atoms with E-state index in [2.05, 4.69) is 26.5 Å². The van der Waals surface area contributed by atoms with E-state index in [0.29, 0.717) is 12.2 Å². The zero-order valence-electron chi connectivity index (χ0n) is 15.7. The Labute approximate surface area is 160 Å². The fraction of sp³-hybridized carbons (Fsp3) is 0.400.